The zero-order valence-electron chi connectivity index (χ0n) is 10.0. The maximum Gasteiger partial charge on any atom is 0.250 e. The SMILES string of the molecule is CNc1nc(CCNS(=O)(=O)c2ccc(Cl)s2)cs1. The number of anilines is 1. The van der Waals surface area contributed by atoms with Gasteiger partial charge >= 0.3 is 0 Å². The maximum absolute atomic E-state index is 11.9. The van der Waals surface area contributed by atoms with Gasteiger partial charge in [0.05, 0.1) is 10.0 Å². The molecule has 0 saturated heterocycles. The standard InChI is InChI=1S/C10H12ClN3O2S3/c1-12-10-14-7(6-17-10)4-5-13-19(15,16)9-3-2-8(11)18-9/h2-3,6,13H,4-5H2,1H3,(H,12,14). The van der Waals surface area contributed by atoms with Crippen molar-refractivity contribution in [1.82, 2.24) is 9.71 Å². The van der Waals surface area contributed by atoms with Gasteiger partial charge in [0.25, 0.3) is 0 Å². The van der Waals surface area contributed by atoms with E-state index in [1.807, 2.05) is 5.38 Å². The molecular weight excluding hydrogens is 326 g/mol. The van der Waals surface area contributed by atoms with Crippen LogP contribution in [0.2, 0.25) is 4.34 Å². The average molecular weight is 338 g/mol. The highest BCUT2D eigenvalue weighted by atomic mass is 35.5. The lowest BCUT2D eigenvalue weighted by atomic mass is 10.3. The maximum atomic E-state index is 11.9. The zero-order chi connectivity index (χ0) is 13.9. The van der Waals surface area contributed by atoms with Crippen LogP contribution in [0.25, 0.3) is 0 Å². The third-order valence-corrected chi connectivity index (χ3v) is 6.34. The van der Waals surface area contributed by atoms with E-state index in [9.17, 15) is 8.42 Å². The number of thiazole rings is 1. The first-order valence-corrected chi connectivity index (χ1v) is 8.94. The van der Waals surface area contributed by atoms with Crippen LogP contribution in [0.15, 0.2) is 21.7 Å². The van der Waals surface area contributed by atoms with Crippen molar-refractivity contribution < 1.29 is 8.42 Å². The molecule has 9 heteroatoms. The third-order valence-electron chi connectivity index (χ3n) is 2.25. The van der Waals surface area contributed by atoms with Crippen LogP contribution in [-0.4, -0.2) is 27.0 Å². The number of halogens is 1. The molecule has 0 aliphatic carbocycles. The van der Waals surface area contributed by atoms with Gasteiger partial charge in [0.1, 0.15) is 4.21 Å². The van der Waals surface area contributed by atoms with Crippen LogP contribution in [0.4, 0.5) is 5.13 Å². The summed E-state index contributed by atoms with van der Waals surface area (Å²) < 4.78 is 27.0. The van der Waals surface area contributed by atoms with Gasteiger partial charge in [-0.3, -0.25) is 0 Å². The number of hydrogen-bond acceptors (Lipinski definition) is 6. The molecule has 2 N–H and O–H groups in total. The second-order valence-corrected chi connectivity index (χ2v) is 8.17. The Balaban J connectivity index is 1.91. The molecule has 2 aromatic heterocycles. The second kappa shape index (κ2) is 6.19. The van der Waals surface area contributed by atoms with Crippen molar-refractivity contribution in [3.05, 3.63) is 27.5 Å². The predicted molar refractivity (Wildman–Crippen MR) is 79.9 cm³/mol. The van der Waals surface area contributed by atoms with Gasteiger partial charge in [-0.25, -0.2) is 18.1 Å². The summed E-state index contributed by atoms with van der Waals surface area (Å²) in [4.78, 5) is 4.28. The van der Waals surface area contributed by atoms with E-state index < -0.39 is 10.0 Å². The number of nitrogens with one attached hydrogen (secondary N) is 2. The van der Waals surface area contributed by atoms with Crippen molar-refractivity contribution in [3.8, 4) is 0 Å². The highest BCUT2D eigenvalue weighted by molar-refractivity contribution is 7.91. The quantitative estimate of drug-likeness (QED) is 0.849. The third kappa shape index (κ3) is 3.90. The fraction of sp³-hybridized carbons (Fsp3) is 0.300. The Hall–Kier alpha value is -0.670. The van der Waals surface area contributed by atoms with Gasteiger partial charge in [-0.05, 0) is 12.1 Å². The van der Waals surface area contributed by atoms with Crippen LogP contribution >= 0.6 is 34.3 Å². The molecule has 0 aliphatic rings. The van der Waals surface area contributed by atoms with Crippen molar-refractivity contribution in [2.24, 2.45) is 0 Å². The Labute approximate surface area is 124 Å². The second-order valence-electron chi connectivity index (χ2n) is 3.60. The van der Waals surface area contributed by atoms with Crippen molar-refractivity contribution >= 4 is 49.4 Å². The van der Waals surface area contributed by atoms with E-state index in [1.165, 1.54) is 17.4 Å². The van der Waals surface area contributed by atoms with E-state index in [4.69, 9.17) is 11.6 Å². The van der Waals surface area contributed by atoms with Gasteiger partial charge in [-0.15, -0.1) is 22.7 Å². The lowest BCUT2D eigenvalue weighted by Crippen LogP contribution is -2.25. The number of hydrogen-bond donors (Lipinski definition) is 2. The summed E-state index contributed by atoms with van der Waals surface area (Å²) >= 11 is 8.26. The van der Waals surface area contributed by atoms with Crippen molar-refractivity contribution in [2.75, 3.05) is 18.9 Å². The smallest absolute Gasteiger partial charge is 0.250 e. The van der Waals surface area contributed by atoms with Crippen LogP contribution in [-0.2, 0) is 16.4 Å². The van der Waals surface area contributed by atoms with Crippen LogP contribution < -0.4 is 10.0 Å². The van der Waals surface area contributed by atoms with Gasteiger partial charge in [-0.1, -0.05) is 11.6 Å². The van der Waals surface area contributed by atoms with Crippen LogP contribution in [0, 0.1) is 0 Å². The Morgan fingerprint density at radius 3 is 2.79 bits per heavy atom. The molecular formula is C10H12ClN3O2S3. The van der Waals surface area contributed by atoms with Crippen LogP contribution in [0.5, 0.6) is 0 Å². The van der Waals surface area contributed by atoms with Gasteiger partial charge in [-0.2, -0.15) is 0 Å². The number of aromatic nitrogens is 1. The molecule has 0 bridgehead atoms. The normalized spacial score (nSPS) is 11.7. The predicted octanol–water partition coefficient (Wildman–Crippen LogP) is 2.42. The van der Waals surface area contributed by atoms with Crippen molar-refractivity contribution in [1.29, 1.82) is 0 Å². The summed E-state index contributed by atoms with van der Waals surface area (Å²) in [5.41, 5.74) is 0.862. The molecule has 0 radical (unpaired) electrons. The Morgan fingerprint density at radius 2 is 2.21 bits per heavy atom. The lowest BCUT2D eigenvalue weighted by Gasteiger charge is -2.02. The molecule has 0 aliphatic heterocycles. The summed E-state index contributed by atoms with van der Waals surface area (Å²) in [6.45, 7) is 0.310. The minimum Gasteiger partial charge on any atom is -0.365 e. The van der Waals surface area contributed by atoms with E-state index in [0.29, 0.717) is 17.3 Å². The first kappa shape index (κ1) is 14.7. The van der Waals surface area contributed by atoms with E-state index in [0.717, 1.165) is 22.2 Å². The molecule has 0 fully saturated rings. The molecule has 0 unspecified atom stereocenters. The number of sulfonamides is 1. The molecule has 0 aromatic carbocycles. The van der Waals surface area contributed by atoms with Crippen molar-refractivity contribution in [2.45, 2.75) is 10.6 Å². The molecule has 2 aromatic rings. The molecule has 0 spiro atoms. The van der Waals surface area contributed by atoms with Gasteiger partial charge in [0.2, 0.25) is 10.0 Å². The summed E-state index contributed by atoms with van der Waals surface area (Å²) in [6.07, 6.45) is 0.552. The molecule has 2 heterocycles. The largest absolute Gasteiger partial charge is 0.365 e. The van der Waals surface area contributed by atoms with E-state index in [2.05, 4.69) is 15.0 Å². The highest BCUT2D eigenvalue weighted by Gasteiger charge is 2.16. The Morgan fingerprint density at radius 1 is 1.42 bits per heavy atom. The molecule has 0 atom stereocenters. The number of rotatable bonds is 6. The summed E-state index contributed by atoms with van der Waals surface area (Å²) in [6, 6.07) is 3.07. The topological polar surface area (TPSA) is 71.1 Å². The summed E-state index contributed by atoms with van der Waals surface area (Å²) in [5.74, 6) is 0. The number of nitrogens with zero attached hydrogens (tertiary/aromatic N) is 1. The molecule has 2 rings (SSSR count). The Kier molecular flexibility index (Phi) is 4.80. The van der Waals surface area contributed by atoms with Crippen molar-refractivity contribution in [3.63, 3.8) is 0 Å². The van der Waals surface area contributed by atoms with Crippen LogP contribution in [0.1, 0.15) is 5.69 Å². The molecule has 0 amide bonds. The fourth-order valence-corrected chi connectivity index (χ4v) is 4.63. The molecule has 19 heavy (non-hydrogen) atoms. The number of thiophene rings is 1. The summed E-state index contributed by atoms with van der Waals surface area (Å²) in [5, 5.41) is 5.67. The monoisotopic (exact) mass is 337 g/mol. The zero-order valence-corrected chi connectivity index (χ0v) is 13.2. The van der Waals surface area contributed by atoms with Crippen LogP contribution in [0.3, 0.4) is 0 Å². The minimum absolute atomic E-state index is 0.228. The average Bonchev–Trinajstić information content (AvgIpc) is 2.98. The van der Waals surface area contributed by atoms with Gasteiger partial charge < -0.3 is 5.32 Å². The highest BCUT2D eigenvalue weighted by Crippen LogP contribution is 2.25. The van der Waals surface area contributed by atoms with Gasteiger partial charge in [0.15, 0.2) is 5.13 Å². The molecule has 104 valence electrons. The van der Waals surface area contributed by atoms with E-state index in [-0.39, 0.29) is 4.21 Å². The lowest BCUT2D eigenvalue weighted by molar-refractivity contribution is 0.583. The van der Waals surface area contributed by atoms with E-state index >= 15 is 0 Å². The van der Waals surface area contributed by atoms with Gasteiger partial charge in [0, 0.05) is 25.4 Å². The van der Waals surface area contributed by atoms with E-state index in [1.54, 1.807) is 13.1 Å². The molecule has 5 nitrogen and oxygen atoms in total. The molecule has 0 saturated carbocycles. The first-order chi connectivity index (χ1) is 9.01. The Bertz CT molecular complexity index is 651. The minimum atomic E-state index is -3.46. The first-order valence-electron chi connectivity index (χ1n) is 5.38. The summed E-state index contributed by atoms with van der Waals surface area (Å²) in [7, 11) is -1.67. The fourth-order valence-electron chi connectivity index (χ4n) is 1.36.